The third kappa shape index (κ3) is 7.37. The molecule has 3 aliphatic rings. The fourth-order valence-electron chi connectivity index (χ4n) is 11.5. The van der Waals surface area contributed by atoms with Crippen LogP contribution < -0.4 is 0 Å². The molecule has 8 nitrogen and oxygen atoms in total. The first-order chi connectivity index (χ1) is 37.6. The normalized spacial score (nSPS) is 14.1. The van der Waals surface area contributed by atoms with Crippen LogP contribution in [-0.4, -0.2) is 39.9 Å². The molecule has 0 radical (unpaired) electrons. The van der Waals surface area contributed by atoms with Gasteiger partial charge in [-0.25, -0.2) is 29.9 Å². The maximum atomic E-state index is 5.41. The van der Waals surface area contributed by atoms with Gasteiger partial charge < -0.3 is 0 Å². The van der Waals surface area contributed by atoms with Crippen molar-refractivity contribution in [1.82, 2.24) is 39.9 Å². The van der Waals surface area contributed by atoms with Gasteiger partial charge in [0.1, 0.15) is 0 Å². The summed E-state index contributed by atoms with van der Waals surface area (Å²) in [5.41, 5.74) is 23.8. The van der Waals surface area contributed by atoms with Crippen LogP contribution >= 0.6 is 0 Å². The van der Waals surface area contributed by atoms with Crippen LogP contribution in [0, 0.1) is 0 Å². The Bertz CT molecular complexity index is 4160. The van der Waals surface area contributed by atoms with Crippen LogP contribution in [0.25, 0.3) is 112 Å². The van der Waals surface area contributed by atoms with E-state index in [9.17, 15) is 0 Å². The summed E-state index contributed by atoms with van der Waals surface area (Å²) in [5, 5.41) is 0. The number of hydrogen-bond acceptors (Lipinski definition) is 8. The molecular weight excluding hydrogens is 929 g/mol. The van der Waals surface area contributed by atoms with Crippen LogP contribution in [0.4, 0.5) is 0 Å². The van der Waals surface area contributed by atoms with Crippen molar-refractivity contribution < 1.29 is 0 Å². The molecule has 0 saturated heterocycles. The maximum Gasteiger partial charge on any atom is 0.160 e. The maximum absolute atomic E-state index is 5.41. The summed E-state index contributed by atoms with van der Waals surface area (Å²) in [6, 6.07) is 80.1. The molecule has 0 saturated carbocycles. The van der Waals surface area contributed by atoms with Crippen LogP contribution in [0.3, 0.4) is 0 Å². The van der Waals surface area contributed by atoms with Crippen molar-refractivity contribution in [2.45, 2.75) is 11.8 Å². The molecule has 2 atom stereocenters. The number of fused-ring (bicyclic) bond motifs is 2. The van der Waals surface area contributed by atoms with Gasteiger partial charge in [-0.15, -0.1) is 0 Å². The van der Waals surface area contributed by atoms with E-state index in [4.69, 9.17) is 39.9 Å². The van der Waals surface area contributed by atoms with E-state index in [2.05, 4.69) is 158 Å². The summed E-state index contributed by atoms with van der Waals surface area (Å²) in [7, 11) is 0. The summed E-state index contributed by atoms with van der Waals surface area (Å²) >= 11 is 0. The Hall–Kier alpha value is -10.2. The lowest BCUT2D eigenvalue weighted by molar-refractivity contribution is 0.754. The highest BCUT2D eigenvalue weighted by molar-refractivity contribution is 5.87. The van der Waals surface area contributed by atoms with Gasteiger partial charge in [-0.05, 0) is 81.9 Å². The van der Waals surface area contributed by atoms with Crippen LogP contribution in [0.15, 0.2) is 243 Å². The molecule has 3 aliphatic carbocycles. The molecule has 16 rings (SSSR count). The van der Waals surface area contributed by atoms with Crippen molar-refractivity contribution in [2.24, 2.45) is 0 Å². The highest BCUT2D eigenvalue weighted by Crippen LogP contribution is 2.57. The van der Waals surface area contributed by atoms with Crippen LogP contribution in [0.1, 0.15) is 45.2 Å². The first-order valence-electron chi connectivity index (χ1n) is 25.5. The summed E-state index contributed by atoms with van der Waals surface area (Å²) < 4.78 is 0. The lowest BCUT2D eigenvalue weighted by Gasteiger charge is -2.42. The van der Waals surface area contributed by atoms with Crippen molar-refractivity contribution in [3.8, 4) is 90.3 Å². The lowest BCUT2D eigenvalue weighted by atomic mass is 9.61. The molecule has 0 amide bonds. The minimum absolute atomic E-state index is 0.00810. The molecule has 76 heavy (non-hydrogen) atoms. The molecule has 4 aromatic heterocycles. The highest BCUT2D eigenvalue weighted by atomic mass is 14.9. The van der Waals surface area contributed by atoms with Gasteiger partial charge in [0.25, 0.3) is 0 Å². The lowest BCUT2D eigenvalue weighted by Crippen LogP contribution is -2.27. The molecule has 354 valence electrons. The zero-order valence-corrected chi connectivity index (χ0v) is 40.8. The molecule has 2 bridgehead atoms. The highest BCUT2D eigenvalue weighted by Gasteiger charge is 2.41. The third-order valence-electron chi connectivity index (χ3n) is 15.0. The van der Waals surface area contributed by atoms with Crippen molar-refractivity contribution in [1.29, 1.82) is 0 Å². The number of aromatic nitrogens is 8. The van der Waals surface area contributed by atoms with Gasteiger partial charge in [0.05, 0.1) is 68.6 Å². The average molecular weight is 971 g/mol. The van der Waals surface area contributed by atoms with Gasteiger partial charge in [0, 0.05) is 56.3 Å². The predicted molar refractivity (Wildman–Crippen MR) is 302 cm³/mol. The predicted octanol–water partition coefficient (Wildman–Crippen LogP) is 15.5. The molecule has 9 aromatic carbocycles. The van der Waals surface area contributed by atoms with E-state index in [0.717, 1.165) is 101 Å². The summed E-state index contributed by atoms with van der Waals surface area (Å²) in [4.78, 5) is 41.1. The van der Waals surface area contributed by atoms with Gasteiger partial charge in [-0.2, -0.15) is 0 Å². The minimum atomic E-state index is -0.00810. The first kappa shape index (κ1) is 43.4. The largest absolute Gasteiger partial charge is 0.252 e. The van der Waals surface area contributed by atoms with E-state index in [0.29, 0.717) is 11.6 Å². The van der Waals surface area contributed by atoms with Gasteiger partial charge in [-0.1, -0.05) is 182 Å². The Morgan fingerprint density at radius 2 is 0.566 bits per heavy atom. The van der Waals surface area contributed by atoms with Crippen molar-refractivity contribution in [3.63, 3.8) is 0 Å². The fraction of sp³-hybridized carbons (Fsp3) is 0.0294. The Morgan fingerprint density at radius 1 is 0.224 bits per heavy atom. The van der Waals surface area contributed by atoms with Gasteiger partial charge >= 0.3 is 0 Å². The zero-order chi connectivity index (χ0) is 50.1. The monoisotopic (exact) mass is 970 g/mol. The van der Waals surface area contributed by atoms with E-state index < -0.39 is 0 Å². The number of rotatable bonds is 8. The topological polar surface area (TPSA) is 103 Å². The number of para-hydroxylation sites is 4. The third-order valence-corrected chi connectivity index (χ3v) is 15.0. The molecule has 13 aromatic rings. The standard InChI is InChI=1S/C68H42N8/c1-3-17-41(18-4-1)59-37-61(45-21-7-9-23-47(45)63-39-69-55-27-13-15-29-57(55)71-63)75-67(73-59)43-31-33-51-53(35-43)65-49-25-11-12-26-50(49)66(51)54-36-44(32-34-52(54)65)68-74-60(42-19-5-2-6-20-42)38-62(76-68)46-22-8-10-24-48(46)64-40-70-56-28-14-16-30-58(56)72-64/h1-40,65-66H. The second-order valence-electron chi connectivity index (χ2n) is 19.4. The second-order valence-corrected chi connectivity index (χ2v) is 19.4. The molecule has 0 N–H and O–H groups in total. The Kier molecular flexibility index (Phi) is 10.2. The Labute approximate surface area is 438 Å². The van der Waals surface area contributed by atoms with Crippen molar-refractivity contribution in [2.75, 3.05) is 0 Å². The molecule has 2 unspecified atom stereocenters. The Morgan fingerprint density at radius 3 is 1.00 bits per heavy atom. The van der Waals surface area contributed by atoms with E-state index >= 15 is 0 Å². The number of hydrogen-bond donors (Lipinski definition) is 0. The quantitative estimate of drug-likeness (QED) is 0.148. The molecule has 8 heteroatoms. The summed E-state index contributed by atoms with van der Waals surface area (Å²) in [5.74, 6) is 1.30. The molecule has 0 spiro atoms. The van der Waals surface area contributed by atoms with Crippen LogP contribution in [-0.2, 0) is 0 Å². The fourth-order valence-corrected chi connectivity index (χ4v) is 11.5. The minimum Gasteiger partial charge on any atom is -0.252 e. The van der Waals surface area contributed by atoms with Crippen molar-refractivity contribution >= 4 is 22.1 Å². The molecule has 0 fully saturated rings. The van der Waals surface area contributed by atoms with Crippen LogP contribution in [0.2, 0.25) is 0 Å². The molecule has 0 aliphatic heterocycles. The molecular formula is C68H42N8. The van der Waals surface area contributed by atoms with E-state index in [1.165, 1.54) is 33.4 Å². The van der Waals surface area contributed by atoms with E-state index in [1.807, 2.05) is 85.2 Å². The summed E-state index contributed by atoms with van der Waals surface area (Å²) in [6.45, 7) is 0. The van der Waals surface area contributed by atoms with Crippen LogP contribution in [0.5, 0.6) is 0 Å². The molecule has 4 heterocycles. The van der Waals surface area contributed by atoms with Gasteiger partial charge in [0.2, 0.25) is 0 Å². The van der Waals surface area contributed by atoms with E-state index in [-0.39, 0.29) is 11.8 Å². The van der Waals surface area contributed by atoms with Gasteiger partial charge in [-0.3, -0.25) is 9.97 Å². The van der Waals surface area contributed by atoms with Crippen molar-refractivity contribution in [3.05, 3.63) is 276 Å². The first-order valence-corrected chi connectivity index (χ1v) is 25.5. The Balaban J connectivity index is 0.850. The number of nitrogens with zero attached hydrogens (tertiary/aromatic N) is 8. The number of benzene rings is 9. The second kappa shape index (κ2) is 17.8. The SMILES string of the molecule is c1ccc(-c2cc(-c3ccccc3-c3cnc4ccccc4n3)nc(-c3ccc4c(c3)C3c5ccccc5C4c4cc(-c5nc(-c6ccccc6)cc(-c6ccccc6-c6cnc7ccccc7n6)n5)ccc43)n2)cc1. The average Bonchev–Trinajstić information content (AvgIpc) is 3.65. The summed E-state index contributed by atoms with van der Waals surface area (Å²) in [6.07, 6.45) is 3.71. The van der Waals surface area contributed by atoms with Gasteiger partial charge in [0.15, 0.2) is 11.6 Å². The zero-order valence-electron chi connectivity index (χ0n) is 40.8. The smallest absolute Gasteiger partial charge is 0.160 e. The van der Waals surface area contributed by atoms with E-state index in [1.54, 1.807) is 0 Å².